The number of hydrogen-bond acceptors (Lipinski definition) is 6. The molecule has 1 N–H and O–H groups in total. The Kier molecular flexibility index (Phi) is 9.05. The van der Waals surface area contributed by atoms with Crippen LogP contribution in [0.15, 0.2) is 42.9 Å². The Hall–Kier alpha value is -2.46. The van der Waals surface area contributed by atoms with Gasteiger partial charge in [-0.05, 0) is 55.4 Å². The largest absolute Gasteiger partial charge is 0.445 e. The number of piperidine rings is 1. The highest BCUT2D eigenvalue weighted by atomic mass is 35.5. The third-order valence-electron chi connectivity index (χ3n) is 8.15. The topological polar surface area (TPSA) is 89.7 Å². The number of aliphatic hydroxyl groups excluding tert-OH is 1. The number of pyridine rings is 1. The molecule has 1 unspecified atom stereocenters. The van der Waals surface area contributed by atoms with Crippen LogP contribution in [0.4, 0.5) is 4.79 Å². The number of hydrogen-bond donors (Lipinski definition) is 1. The van der Waals surface area contributed by atoms with Gasteiger partial charge in [-0.25, -0.2) is 14.8 Å². The van der Waals surface area contributed by atoms with Crippen LogP contribution in [0.1, 0.15) is 51.2 Å². The fourth-order valence-electron chi connectivity index (χ4n) is 4.84. The molecule has 212 valence electrons. The highest BCUT2D eigenvalue weighted by Crippen LogP contribution is 2.40. The number of carbonyl (C=O) groups excluding carboxylic acids is 1. The van der Waals surface area contributed by atoms with Crippen LogP contribution in [0.5, 0.6) is 0 Å². The molecule has 1 aliphatic rings. The van der Waals surface area contributed by atoms with E-state index in [4.69, 9.17) is 20.8 Å². The number of nitrogens with zero attached hydrogens (tertiary/aromatic N) is 4. The van der Waals surface area contributed by atoms with Gasteiger partial charge in [0.2, 0.25) is 0 Å². The summed E-state index contributed by atoms with van der Waals surface area (Å²) in [5.74, 6) is 0. The van der Waals surface area contributed by atoms with Crippen LogP contribution < -0.4 is 0 Å². The standard InChI is InChI=1S/C29H41ClN4O4Si/c1-20-23(30)16-31-27-26(20)32-19-33(27)17-22(35)15-24-25(38-39(5,6)29(2,3)4)13-10-14-34(24)28(36)37-18-21-11-8-7-9-12-21/h7-9,11-12,16,19,22,24-25,35H,10,13-15,17-18H2,1-6H3/t22?,24-,25+/m1/s1. The maximum Gasteiger partial charge on any atom is 0.410 e. The second kappa shape index (κ2) is 12.0. The van der Waals surface area contributed by atoms with E-state index >= 15 is 0 Å². The molecule has 8 nitrogen and oxygen atoms in total. The van der Waals surface area contributed by atoms with Gasteiger partial charge < -0.3 is 23.7 Å². The number of likely N-dealkylation sites (tertiary alicyclic amines) is 1. The Bertz CT molecular complexity index is 1280. The van der Waals surface area contributed by atoms with Crippen LogP contribution >= 0.6 is 11.6 Å². The average molecular weight is 573 g/mol. The molecule has 10 heteroatoms. The van der Waals surface area contributed by atoms with E-state index in [1.165, 1.54) is 0 Å². The Morgan fingerprint density at radius 1 is 1.23 bits per heavy atom. The summed E-state index contributed by atoms with van der Waals surface area (Å²) < 4.78 is 14.4. The molecule has 39 heavy (non-hydrogen) atoms. The van der Waals surface area contributed by atoms with Crippen LogP contribution in [0, 0.1) is 6.92 Å². The van der Waals surface area contributed by atoms with E-state index in [9.17, 15) is 9.90 Å². The van der Waals surface area contributed by atoms with Crippen molar-refractivity contribution in [3.8, 4) is 0 Å². The highest BCUT2D eigenvalue weighted by Gasteiger charge is 2.44. The quantitative estimate of drug-likeness (QED) is 0.317. The molecule has 0 saturated carbocycles. The maximum atomic E-state index is 13.4. The van der Waals surface area contributed by atoms with Crippen molar-refractivity contribution < 1.29 is 19.1 Å². The fraction of sp³-hybridized carbons (Fsp3) is 0.552. The van der Waals surface area contributed by atoms with Gasteiger partial charge in [-0.1, -0.05) is 62.7 Å². The van der Waals surface area contributed by atoms with Crippen molar-refractivity contribution in [2.24, 2.45) is 0 Å². The predicted molar refractivity (Wildman–Crippen MR) is 156 cm³/mol. The molecule has 1 saturated heterocycles. The molecule has 2 aromatic heterocycles. The first-order valence-electron chi connectivity index (χ1n) is 13.7. The number of aryl methyl sites for hydroxylation is 1. The molecule has 0 bridgehead atoms. The molecule has 1 aliphatic heterocycles. The van der Waals surface area contributed by atoms with Crippen molar-refractivity contribution >= 4 is 37.2 Å². The number of ether oxygens (including phenoxy) is 1. The summed E-state index contributed by atoms with van der Waals surface area (Å²) in [7, 11) is -2.13. The van der Waals surface area contributed by atoms with E-state index in [2.05, 4.69) is 43.8 Å². The number of rotatable bonds is 8. The van der Waals surface area contributed by atoms with Crippen LogP contribution in [-0.2, 0) is 22.3 Å². The summed E-state index contributed by atoms with van der Waals surface area (Å²) in [6.07, 6.45) is 3.99. The van der Waals surface area contributed by atoms with E-state index < -0.39 is 14.4 Å². The van der Waals surface area contributed by atoms with Gasteiger partial charge >= 0.3 is 6.09 Å². The molecule has 0 aliphatic carbocycles. The summed E-state index contributed by atoms with van der Waals surface area (Å²) >= 11 is 6.22. The summed E-state index contributed by atoms with van der Waals surface area (Å²) in [5.41, 5.74) is 3.19. The Morgan fingerprint density at radius 3 is 2.64 bits per heavy atom. The van der Waals surface area contributed by atoms with Crippen LogP contribution in [0.2, 0.25) is 23.2 Å². The molecule has 1 fully saturated rings. The van der Waals surface area contributed by atoms with Crippen molar-refractivity contribution in [1.82, 2.24) is 19.4 Å². The zero-order valence-corrected chi connectivity index (χ0v) is 25.6. The minimum atomic E-state index is -2.13. The molecule has 0 spiro atoms. The Balaban J connectivity index is 1.54. The van der Waals surface area contributed by atoms with Crippen molar-refractivity contribution in [1.29, 1.82) is 0 Å². The zero-order chi connectivity index (χ0) is 28.4. The number of aromatic nitrogens is 3. The Morgan fingerprint density at radius 2 is 1.95 bits per heavy atom. The summed E-state index contributed by atoms with van der Waals surface area (Å²) in [6.45, 7) is 14.1. The van der Waals surface area contributed by atoms with E-state index in [-0.39, 0.29) is 29.9 Å². The van der Waals surface area contributed by atoms with Gasteiger partial charge in [0, 0.05) is 12.7 Å². The highest BCUT2D eigenvalue weighted by molar-refractivity contribution is 6.74. The van der Waals surface area contributed by atoms with Crippen molar-refractivity contribution in [2.45, 2.75) is 96.5 Å². The molecule has 4 rings (SSSR count). The second-order valence-corrected chi connectivity index (χ2v) is 17.2. The minimum absolute atomic E-state index is 0.0206. The SMILES string of the molecule is Cc1c(Cl)cnc2c1ncn2CC(O)C[C@@H]1[C@@H](O[Si](C)(C)C(C)(C)C)CCCN1C(=O)OCc1ccccc1. The number of halogens is 1. The van der Waals surface area contributed by atoms with Crippen molar-refractivity contribution in [3.63, 3.8) is 0 Å². The molecule has 1 amide bonds. The first kappa shape index (κ1) is 29.5. The number of amides is 1. The molecule has 1 aromatic carbocycles. The van der Waals surface area contributed by atoms with Crippen LogP contribution in [0.25, 0.3) is 11.2 Å². The average Bonchev–Trinajstić information content (AvgIpc) is 3.28. The number of fused-ring (bicyclic) bond motifs is 1. The number of benzene rings is 1. The lowest BCUT2D eigenvalue weighted by Crippen LogP contribution is -2.57. The van der Waals surface area contributed by atoms with Crippen molar-refractivity contribution in [2.75, 3.05) is 6.54 Å². The lowest BCUT2D eigenvalue weighted by atomic mass is 9.94. The Labute approximate surface area is 237 Å². The van der Waals surface area contributed by atoms with Gasteiger partial charge in [-0.15, -0.1) is 0 Å². The summed E-state index contributed by atoms with van der Waals surface area (Å²) in [5, 5.41) is 11.9. The normalized spacial score (nSPS) is 19.3. The van der Waals surface area contributed by atoms with Crippen molar-refractivity contribution in [3.05, 3.63) is 59.0 Å². The van der Waals surface area contributed by atoms with E-state index in [1.54, 1.807) is 17.4 Å². The smallest absolute Gasteiger partial charge is 0.410 e. The van der Waals surface area contributed by atoms with Gasteiger partial charge in [0.05, 0.1) is 36.1 Å². The fourth-order valence-corrected chi connectivity index (χ4v) is 6.36. The zero-order valence-electron chi connectivity index (χ0n) is 23.9. The molecule has 3 heterocycles. The third-order valence-corrected chi connectivity index (χ3v) is 13.0. The predicted octanol–water partition coefficient (Wildman–Crippen LogP) is 6.34. The van der Waals surface area contributed by atoms with E-state index in [0.717, 1.165) is 29.5 Å². The molecule has 3 aromatic rings. The van der Waals surface area contributed by atoms with Gasteiger partial charge in [0.1, 0.15) is 12.1 Å². The number of imidazole rings is 1. The van der Waals surface area contributed by atoms with Crippen LogP contribution in [-0.4, -0.2) is 63.7 Å². The van der Waals surface area contributed by atoms with Gasteiger partial charge in [0.25, 0.3) is 0 Å². The van der Waals surface area contributed by atoms with E-state index in [0.29, 0.717) is 30.2 Å². The molecule has 0 radical (unpaired) electrons. The van der Waals surface area contributed by atoms with Gasteiger partial charge in [-0.2, -0.15) is 0 Å². The first-order chi connectivity index (χ1) is 18.4. The monoisotopic (exact) mass is 572 g/mol. The molecular weight excluding hydrogens is 532 g/mol. The lowest BCUT2D eigenvalue weighted by Gasteiger charge is -2.46. The number of carbonyl (C=O) groups is 1. The molecule has 3 atom stereocenters. The first-order valence-corrected chi connectivity index (χ1v) is 16.9. The van der Waals surface area contributed by atoms with Gasteiger partial charge in [0.15, 0.2) is 14.0 Å². The summed E-state index contributed by atoms with van der Waals surface area (Å²) in [4.78, 5) is 24.0. The third kappa shape index (κ3) is 6.82. The van der Waals surface area contributed by atoms with E-state index in [1.807, 2.05) is 41.8 Å². The summed E-state index contributed by atoms with van der Waals surface area (Å²) in [6, 6.07) is 9.35. The van der Waals surface area contributed by atoms with Crippen LogP contribution in [0.3, 0.4) is 0 Å². The molecular formula is C29H41ClN4O4Si. The number of aliphatic hydroxyl groups is 1. The lowest BCUT2D eigenvalue weighted by molar-refractivity contribution is -0.0128. The van der Waals surface area contributed by atoms with Gasteiger partial charge in [-0.3, -0.25) is 0 Å². The maximum absolute atomic E-state index is 13.4. The minimum Gasteiger partial charge on any atom is -0.445 e. The second-order valence-electron chi connectivity index (χ2n) is 12.0.